The van der Waals surface area contributed by atoms with E-state index in [4.69, 9.17) is 4.52 Å². The van der Waals surface area contributed by atoms with Gasteiger partial charge in [0.15, 0.2) is 0 Å². The molecule has 0 fully saturated rings. The second-order valence-corrected chi connectivity index (χ2v) is 6.27. The first-order valence-corrected chi connectivity index (χ1v) is 8.06. The summed E-state index contributed by atoms with van der Waals surface area (Å²) < 4.78 is 5.22. The third-order valence-electron chi connectivity index (χ3n) is 4.50. The van der Waals surface area contributed by atoms with Crippen molar-refractivity contribution in [1.82, 2.24) is 15.5 Å². The van der Waals surface area contributed by atoms with Crippen molar-refractivity contribution in [1.29, 1.82) is 0 Å². The minimum Gasteiger partial charge on any atom is -0.343 e. The molecule has 2 heterocycles. The topological polar surface area (TPSA) is 68.0 Å². The van der Waals surface area contributed by atoms with E-state index in [9.17, 15) is 4.79 Å². The highest BCUT2D eigenvalue weighted by Gasteiger charge is 2.28. The van der Waals surface area contributed by atoms with Gasteiger partial charge < -0.3 is 9.84 Å². The number of pyridine rings is 1. The van der Waals surface area contributed by atoms with E-state index >= 15 is 0 Å². The molecule has 5 nitrogen and oxygen atoms in total. The predicted octanol–water partition coefficient (Wildman–Crippen LogP) is 3.89. The molecule has 0 saturated heterocycles. The van der Waals surface area contributed by atoms with E-state index in [0.29, 0.717) is 22.4 Å². The van der Waals surface area contributed by atoms with Crippen LogP contribution in [0.15, 0.2) is 40.9 Å². The molecule has 1 amide bonds. The third-order valence-corrected chi connectivity index (χ3v) is 4.50. The van der Waals surface area contributed by atoms with Crippen LogP contribution in [0.3, 0.4) is 0 Å². The largest absolute Gasteiger partial charge is 0.343 e. The number of fused-ring (bicyclic) bond motifs is 1. The van der Waals surface area contributed by atoms with E-state index in [1.807, 2.05) is 51.1 Å². The number of hydrogen-bond donors (Lipinski definition) is 1. The molecule has 2 aromatic heterocycles. The van der Waals surface area contributed by atoms with Crippen LogP contribution in [-0.2, 0) is 5.54 Å². The predicted molar refractivity (Wildman–Crippen MR) is 92.8 cm³/mol. The lowest BCUT2D eigenvalue weighted by molar-refractivity contribution is 0.0903. The highest BCUT2D eigenvalue weighted by atomic mass is 16.5. The van der Waals surface area contributed by atoms with Gasteiger partial charge in [0.25, 0.3) is 11.6 Å². The SMILES string of the molecule is CCC(C)(NC(=O)c1cc(C)nc2onc(C)c12)c1ccccc1. The molecule has 1 aromatic carbocycles. The summed E-state index contributed by atoms with van der Waals surface area (Å²) in [5, 5.41) is 7.78. The number of aromatic nitrogens is 2. The van der Waals surface area contributed by atoms with Crippen LogP contribution < -0.4 is 5.32 Å². The molecule has 0 aliphatic carbocycles. The monoisotopic (exact) mass is 323 g/mol. The molecule has 0 aliphatic rings. The van der Waals surface area contributed by atoms with Gasteiger partial charge in [-0.05, 0) is 38.8 Å². The molecule has 0 radical (unpaired) electrons. The van der Waals surface area contributed by atoms with Gasteiger partial charge >= 0.3 is 0 Å². The van der Waals surface area contributed by atoms with E-state index in [0.717, 1.165) is 17.7 Å². The molecule has 3 aromatic rings. The smallest absolute Gasteiger partial charge is 0.258 e. The zero-order chi connectivity index (χ0) is 17.3. The Labute approximate surface area is 141 Å². The van der Waals surface area contributed by atoms with Gasteiger partial charge in [0.2, 0.25) is 0 Å². The van der Waals surface area contributed by atoms with E-state index in [1.165, 1.54) is 0 Å². The molecule has 0 saturated carbocycles. The van der Waals surface area contributed by atoms with Crippen molar-refractivity contribution in [2.45, 2.75) is 39.7 Å². The number of hydrogen-bond acceptors (Lipinski definition) is 4. The van der Waals surface area contributed by atoms with Gasteiger partial charge in [-0.25, -0.2) is 4.98 Å². The van der Waals surface area contributed by atoms with E-state index in [2.05, 4.69) is 22.4 Å². The summed E-state index contributed by atoms with van der Waals surface area (Å²) in [6.45, 7) is 7.75. The summed E-state index contributed by atoms with van der Waals surface area (Å²) in [6, 6.07) is 11.8. The van der Waals surface area contributed by atoms with E-state index in [1.54, 1.807) is 6.07 Å². The molecule has 0 spiro atoms. The summed E-state index contributed by atoms with van der Waals surface area (Å²) in [5.74, 6) is -0.148. The van der Waals surface area contributed by atoms with Gasteiger partial charge in [-0.15, -0.1) is 0 Å². The molecule has 0 aliphatic heterocycles. The molecular weight excluding hydrogens is 302 g/mol. The zero-order valence-electron chi connectivity index (χ0n) is 14.4. The average molecular weight is 323 g/mol. The maximum absolute atomic E-state index is 13.0. The van der Waals surface area contributed by atoms with Crippen molar-refractivity contribution >= 4 is 17.0 Å². The summed E-state index contributed by atoms with van der Waals surface area (Å²) >= 11 is 0. The first-order valence-electron chi connectivity index (χ1n) is 8.06. The summed E-state index contributed by atoms with van der Waals surface area (Å²) in [4.78, 5) is 17.3. The first kappa shape index (κ1) is 16.2. The standard InChI is InChI=1S/C19H21N3O2/c1-5-19(4,14-9-7-6-8-10-14)21-17(23)15-11-12(2)20-18-16(15)13(3)22-24-18/h6-11H,5H2,1-4H3,(H,21,23). The normalized spacial score (nSPS) is 13.7. The van der Waals surface area contributed by atoms with Gasteiger partial charge in [-0.1, -0.05) is 42.4 Å². The van der Waals surface area contributed by atoms with Crippen molar-refractivity contribution in [3.8, 4) is 0 Å². The summed E-state index contributed by atoms with van der Waals surface area (Å²) in [6.07, 6.45) is 0.776. The minimum absolute atomic E-state index is 0.148. The van der Waals surface area contributed by atoms with Gasteiger partial charge in [0.05, 0.1) is 22.2 Å². The molecule has 1 atom stereocenters. The Hall–Kier alpha value is -2.69. The lowest BCUT2D eigenvalue weighted by atomic mass is 9.89. The zero-order valence-corrected chi connectivity index (χ0v) is 14.4. The number of nitrogens with zero attached hydrogens (tertiary/aromatic N) is 2. The van der Waals surface area contributed by atoms with Crippen molar-refractivity contribution in [2.24, 2.45) is 0 Å². The molecule has 1 N–H and O–H groups in total. The van der Waals surface area contributed by atoms with Crippen LogP contribution in [0.25, 0.3) is 11.1 Å². The quantitative estimate of drug-likeness (QED) is 0.791. The Morgan fingerprint density at radius 1 is 1.25 bits per heavy atom. The number of amides is 1. The van der Waals surface area contributed by atoms with Gasteiger partial charge in [-0.2, -0.15) is 0 Å². The maximum Gasteiger partial charge on any atom is 0.258 e. The number of nitrogens with one attached hydrogen (secondary N) is 1. The Bertz CT molecular complexity index is 886. The number of rotatable bonds is 4. The number of aryl methyl sites for hydroxylation is 2. The highest BCUT2D eigenvalue weighted by Crippen LogP contribution is 2.27. The van der Waals surface area contributed by atoms with Gasteiger partial charge in [0, 0.05) is 5.69 Å². The molecule has 1 unspecified atom stereocenters. The van der Waals surface area contributed by atoms with Crippen LogP contribution in [0.4, 0.5) is 0 Å². The molecule has 5 heteroatoms. The number of carbonyl (C=O) groups excluding carboxylic acids is 1. The molecule has 3 rings (SSSR count). The van der Waals surface area contributed by atoms with Crippen LogP contribution in [0.2, 0.25) is 0 Å². The van der Waals surface area contributed by atoms with Crippen LogP contribution in [-0.4, -0.2) is 16.0 Å². The Kier molecular flexibility index (Phi) is 4.09. The van der Waals surface area contributed by atoms with Crippen LogP contribution in [0.1, 0.15) is 47.6 Å². The molecule has 124 valence electrons. The number of benzene rings is 1. The summed E-state index contributed by atoms with van der Waals surface area (Å²) in [7, 11) is 0. The van der Waals surface area contributed by atoms with Crippen LogP contribution in [0.5, 0.6) is 0 Å². The number of carbonyl (C=O) groups is 1. The van der Waals surface area contributed by atoms with Gasteiger partial charge in [0.1, 0.15) is 0 Å². The minimum atomic E-state index is -0.451. The van der Waals surface area contributed by atoms with E-state index in [-0.39, 0.29) is 5.91 Å². The maximum atomic E-state index is 13.0. The lowest BCUT2D eigenvalue weighted by Gasteiger charge is -2.30. The van der Waals surface area contributed by atoms with Crippen molar-refractivity contribution in [3.63, 3.8) is 0 Å². The Balaban J connectivity index is 2.02. The summed E-state index contributed by atoms with van der Waals surface area (Å²) in [5.41, 5.74) is 2.96. The van der Waals surface area contributed by atoms with Crippen molar-refractivity contribution in [2.75, 3.05) is 0 Å². The lowest BCUT2D eigenvalue weighted by Crippen LogP contribution is -2.43. The van der Waals surface area contributed by atoms with Gasteiger partial charge in [-0.3, -0.25) is 4.79 Å². The van der Waals surface area contributed by atoms with Crippen LogP contribution in [0, 0.1) is 13.8 Å². The Morgan fingerprint density at radius 3 is 2.62 bits per heavy atom. The Morgan fingerprint density at radius 2 is 1.96 bits per heavy atom. The van der Waals surface area contributed by atoms with E-state index < -0.39 is 5.54 Å². The van der Waals surface area contributed by atoms with Crippen molar-refractivity contribution in [3.05, 3.63) is 58.9 Å². The fraction of sp³-hybridized carbons (Fsp3) is 0.316. The molecule has 0 bridgehead atoms. The first-order chi connectivity index (χ1) is 11.4. The average Bonchev–Trinajstić information content (AvgIpc) is 2.95. The van der Waals surface area contributed by atoms with Crippen LogP contribution >= 0.6 is 0 Å². The highest BCUT2D eigenvalue weighted by molar-refractivity contribution is 6.06. The van der Waals surface area contributed by atoms with Crippen molar-refractivity contribution < 1.29 is 9.32 Å². The second-order valence-electron chi connectivity index (χ2n) is 6.27. The molecule has 24 heavy (non-hydrogen) atoms. The third kappa shape index (κ3) is 2.77. The fourth-order valence-electron chi connectivity index (χ4n) is 2.89. The second kappa shape index (κ2) is 6.07. The fourth-order valence-corrected chi connectivity index (χ4v) is 2.89. The molecular formula is C19H21N3O2.